The first-order valence-corrected chi connectivity index (χ1v) is 7.80. The van der Waals surface area contributed by atoms with Crippen molar-refractivity contribution in [2.75, 3.05) is 0 Å². The van der Waals surface area contributed by atoms with Crippen molar-refractivity contribution < 1.29 is 9.90 Å². The third-order valence-corrected chi connectivity index (χ3v) is 5.44. The van der Waals surface area contributed by atoms with Crippen LogP contribution in [0.15, 0.2) is 59.3 Å². The molecule has 0 radical (unpaired) electrons. The number of Topliss-reactive ketones (excluding diaryl/α,β-unsaturated/α-hetero) is 1. The van der Waals surface area contributed by atoms with Crippen LogP contribution in [-0.2, 0) is 4.79 Å². The van der Waals surface area contributed by atoms with Gasteiger partial charge in [-0.2, -0.15) is 0 Å². The van der Waals surface area contributed by atoms with E-state index >= 15 is 0 Å². The third kappa shape index (κ3) is 1.58. The number of hydrogen-bond donors (Lipinski definition) is 2. The number of carbonyl (C=O) groups excluding carboxylic acids is 1. The predicted molar refractivity (Wildman–Crippen MR) is 83.1 cm³/mol. The van der Waals surface area contributed by atoms with E-state index in [-0.39, 0.29) is 11.7 Å². The second kappa shape index (κ2) is 4.37. The summed E-state index contributed by atoms with van der Waals surface area (Å²) in [6.45, 7) is 0. The lowest BCUT2D eigenvalue weighted by Crippen LogP contribution is -2.52. The van der Waals surface area contributed by atoms with Crippen LogP contribution in [0.5, 0.6) is 0 Å². The van der Waals surface area contributed by atoms with Crippen molar-refractivity contribution in [2.45, 2.75) is 25.3 Å². The van der Waals surface area contributed by atoms with Gasteiger partial charge in [0, 0.05) is 12.1 Å². The van der Waals surface area contributed by atoms with Crippen molar-refractivity contribution in [2.24, 2.45) is 5.41 Å². The Morgan fingerprint density at radius 2 is 2.33 bits per heavy atom. The van der Waals surface area contributed by atoms with Gasteiger partial charge in [-0.3, -0.25) is 8.72 Å². The van der Waals surface area contributed by atoms with Crippen LogP contribution in [0.1, 0.15) is 19.3 Å². The van der Waals surface area contributed by atoms with Crippen LogP contribution in [0.2, 0.25) is 0 Å². The van der Waals surface area contributed by atoms with Gasteiger partial charge < -0.3 is 10.4 Å². The zero-order valence-corrected chi connectivity index (χ0v) is 12.9. The first-order chi connectivity index (χ1) is 10.1. The Kier molecular flexibility index (Phi) is 2.70. The minimum atomic E-state index is -0.500. The van der Waals surface area contributed by atoms with E-state index in [2.05, 4.69) is 33.6 Å². The molecule has 2 unspecified atom stereocenters. The molecule has 1 spiro atoms. The fourth-order valence-electron chi connectivity index (χ4n) is 3.80. The number of carbonyl (C=O) groups is 1. The van der Waals surface area contributed by atoms with Gasteiger partial charge in [0.15, 0.2) is 11.7 Å². The van der Waals surface area contributed by atoms with Crippen molar-refractivity contribution in [1.82, 2.24) is 9.24 Å². The van der Waals surface area contributed by atoms with E-state index < -0.39 is 11.5 Å². The summed E-state index contributed by atoms with van der Waals surface area (Å²) in [6, 6.07) is -0.452. The zero-order chi connectivity index (χ0) is 14.6. The van der Waals surface area contributed by atoms with E-state index in [1.165, 1.54) is 5.57 Å². The van der Waals surface area contributed by atoms with Gasteiger partial charge in [0.2, 0.25) is 0 Å². The van der Waals surface area contributed by atoms with Gasteiger partial charge in [-0.25, -0.2) is 0 Å². The third-order valence-electron chi connectivity index (χ3n) is 4.67. The molecule has 4 rings (SSSR count). The quantitative estimate of drug-likeness (QED) is 0.662. The van der Waals surface area contributed by atoms with Gasteiger partial charge in [-0.15, -0.1) is 0 Å². The first kappa shape index (κ1) is 13.0. The van der Waals surface area contributed by atoms with Gasteiger partial charge in [0.05, 0.1) is 27.3 Å². The van der Waals surface area contributed by atoms with E-state index in [1.807, 2.05) is 22.2 Å². The van der Waals surface area contributed by atoms with Crippen LogP contribution < -0.4 is 5.32 Å². The van der Waals surface area contributed by atoms with Crippen molar-refractivity contribution in [3.63, 3.8) is 0 Å². The van der Waals surface area contributed by atoms with Gasteiger partial charge >= 0.3 is 0 Å². The summed E-state index contributed by atoms with van der Waals surface area (Å²) in [4.78, 5) is 12.5. The van der Waals surface area contributed by atoms with E-state index in [0.29, 0.717) is 6.42 Å². The van der Waals surface area contributed by atoms with Crippen molar-refractivity contribution in [3.8, 4) is 0 Å². The molecule has 0 aromatic carbocycles. The number of ketones is 1. The van der Waals surface area contributed by atoms with E-state index in [0.717, 1.165) is 24.2 Å². The van der Waals surface area contributed by atoms with Crippen molar-refractivity contribution in [1.29, 1.82) is 0 Å². The Morgan fingerprint density at radius 3 is 3.19 bits per heavy atom. The van der Waals surface area contributed by atoms with Crippen LogP contribution >= 0.6 is 16.1 Å². The highest BCUT2D eigenvalue weighted by Crippen LogP contribution is 2.57. The number of halogens is 1. The summed E-state index contributed by atoms with van der Waals surface area (Å²) >= 11 is 3.64. The molecule has 0 aromatic heterocycles. The van der Waals surface area contributed by atoms with Gasteiger partial charge in [0.25, 0.3) is 0 Å². The standard InChI is InChI=1S/C16H15BrN2O2/c17-19-11-5-2-1-4-10(11)16-9-3-6-14(21)18-15(16)12(20)7-8-13(16)19/h2-3,5-6,8-9,15,18,21H,1,4,7H2. The summed E-state index contributed by atoms with van der Waals surface area (Å²) in [6.07, 6.45) is 14.0. The van der Waals surface area contributed by atoms with Crippen LogP contribution in [0, 0.1) is 5.41 Å². The highest BCUT2D eigenvalue weighted by molar-refractivity contribution is 9.07. The molecule has 0 amide bonds. The summed E-state index contributed by atoms with van der Waals surface area (Å²) in [7, 11) is 0. The molecule has 0 bridgehead atoms. The summed E-state index contributed by atoms with van der Waals surface area (Å²) in [5.41, 5.74) is 2.91. The molecule has 0 aromatic rings. The fourth-order valence-corrected chi connectivity index (χ4v) is 4.57. The molecule has 2 heterocycles. The van der Waals surface area contributed by atoms with Gasteiger partial charge in [0.1, 0.15) is 6.04 Å². The normalized spacial score (nSPS) is 33.7. The number of nitrogens with one attached hydrogen (secondary N) is 1. The van der Waals surface area contributed by atoms with Crippen LogP contribution in [-0.4, -0.2) is 20.9 Å². The fraction of sp³-hybridized carbons (Fsp3) is 0.312. The molecule has 2 aliphatic heterocycles. The first-order valence-electron chi connectivity index (χ1n) is 7.09. The number of aliphatic hydroxyl groups excluding tert-OH is 1. The Hall–Kier alpha value is -1.75. The Labute approximate surface area is 131 Å². The Morgan fingerprint density at radius 1 is 1.48 bits per heavy atom. The number of hydrogen-bond acceptors (Lipinski definition) is 4. The number of nitrogens with zero attached hydrogens (tertiary/aromatic N) is 1. The molecule has 2 N–H and O–H groups in total. The van der Waals surface area contributed by atoms with Crippen LogP contribution in [0.25, 0.3) is 0 Å². The topological polar surface area (TPSA) is 52.6 Å². The van der Waals surface area contributed by atoms with Crippen molar-refractivity contribution >= 4 is 21.9 Å². The molecule has 0 saturated heterocycles. The second-order valence-electron chi connectivity index (χ2n) is 5.70. The Balaban J connectivity index is 1.97. The lowest BCUT2D eigenvalue weighted by Gasteiger charge is -2.40. The lowest BCUT2D eigenvalue weighted by molar-refractivity contribution is -0.122. The number of allylic oxidation sites excluding steroid dienone is 5. The summed E-state index contributed by atoms with van der Waals surface area (Å²) < 4.78 is 2.01. The van der Waals surface area contributed by atoms with Gasteiger partial charge in [-0.05, 0) is 30.6 Å². The molecular formula is C16H15BrN2O2. The molecule has 5 heteroatoms. The molecule has 0 fully saturated rings. The second-order valence-corrected chi connectivity index (χ2v) is 6.41. The molecule has 2 atom stereocenters. The molecule has 108 valence electrons. The van der Waals surface area contributed by atoms with E-state index in [9.17, 15) is 9.90 Å². The maximum absolute atomic E-state index is 12.5. The highest BCUT2D eigenvalue weighted by Gasteiger charge is 2.56. The molecule has 2 aliphatic carbocycles. The highest BCUT2D eigenvalue weighted by atomic mass is 79.9. The maximum atomic E-state index is 12.5. The SMILES string of the molecule is O=C1CC=C2N(Br)C3=C(CCC=C3)C23C=CC=C(O)NC13. The lowest BCUT2D eigenvalue weighted by atomic mass is 9.66. The van der Waals surface area contributed by atoms with Crippen LogP contribution in [0.3, 0.4) is 0 Å². The average Bonchev–Trinajstić information content (AvgIpc) is 2.61. The molecule has 4 aliphatic rings. The largest absolute Gasteiger partial charge is 0.495 e. The van der Waals surface area contributed by atoms with Crippen molar-refractivity contribution in [3.05, 3.63) is 59.3 Å². The molecular weight excluding hydrogens is 332 g/mol. The minimum absolute atomic E-state index is 0.0456. The predicted octanol–water partition coefficient (Wildman–Crippen LogP) is 2.99. The zero-order valence-electron chi connectivity index (χ0n) is 11.3. The summed E-state index contributed by atoms with van der Waals surface area (Å²) in [5, 5.41) is 12.9. The monoisotopic (exact) mass is 346 g/mol. The molecule has 0 saturated carbocycles. The van der Waals surface area contributed by atoms with E-state index in [1.54, 1.807) is 6.08 Å². The number of rotatable bonds is 0. The minimum Gasteiger partial charge on any atom is -0.495 e. The molecule has 21 heavy (non-hydrogen) atoms. The molecule has 4 nitrogen and oxygen atoms in total. The number of aliphatic hydroxyl groups is 1. The van der Waals surface area contributed by atoms with Gasteiger partial charge in [-0.1, -0.05) is 24.3 Å². The maximum Gasteiger partial charge on any atom is 0.184 e. The van der Waals surface area contributed by atoms with Crippen LogP contribution in [0.4, 0.5) is 0 Å². The Bertz CT molecular complexity index is 686. The smallest absolute Gasteiger partial charge is 0.184 e. The average molecular weight is 347 g/mol. The van der Waals surface area contributed by atoms with E-state index in [4.69, 9.17) is 0 Å². The summed E-state index contributed by atoms with van der Waals surface area (Å²) in [5.74, 6) is 0.152.